The molecule has 2 aromatic heterocycles. The van der Waals surface area contributed by atoms with Gasteiger partial charge in [-0.15, -0.1) is 0 Å². The van der Waals surface area contributed by atoms with Crippen LogP contribution in [-0.2, 0) is 33.4 Å². The second-order valence-corrected chi connectivity index (χ2v) is 7.68. The van der Waals surface area contributed by atoms with E-state index < -0.39 is 30.2 Å². The van der Waals surface area contributed by atoms with E-state index in [0.717, 1.165) is 17.7 Å². The Bertz CT molecular complexity index is 1300. The number of ether oxygens (including phenoxy) is 2. The molecule has 0 saturated heterocycles. The number of hydrogen-bond donors (Lipinski definition) is 0. The van der Waals surface area contributed by atoms with Gasteiger partial charge in [-0.1, -0.05) is 23.7 Å². The summed E-state index contributed by atoms with van der Waals surface area (Å²) in [5.74, 6) is -1.50. The Labute approximate surface area is 203 Å². The van der Waals surface area contributed by atoms with Crippen molar-refractivity contribution in [1.82, 2.24) is 9.55 Å². The molecule has 0 bridgehead atoms. The summed E-state index contributed by atoms with van der Waals surface area (Å²) in [5.41, 5.74) is 0.0420. The van der Waals surface area contributed by atoms with E-state index in [4.69, 9.17) is 26.3 Å². The van der Waals surface area contributed by atoms with Crippen LogP contribution in [0.25, 0.3) is 11.1 Å². The van der Waals surface area contributed by atoms with Crippen molar-refractivity contribution in [2.24, 2.45) is 0 Å². The molecule has 0 spiro atoms. The number of methoxy groups -OCH3 is 1. The van der Waals surface area contributed by atoms with E-state index in [-0.39, 0.29) is 40.7 Å². The third kappa shape index (κ3) is 5.81. The zero-order chi connectivity index (χ0) is 25.8. The third-order valence-corrected chi connectivity index (χ3v) is 5.40. The van der Waals surface area contributed by atoms with Crippen LogP contribution in [-0.4, -0.2) is 35.2 Å². The van der Waals surface area contributed by atoms with Gasteiger partial charge in [-0.05, 0) is 42.3 Å². The third-order valence-electron chi connectivity index (χ3n) is 5.10. The Morgan fingerprint density at radius 3 is 2.46 bits per heavy atom. The van der Waals surface area contributed by atoms with Gasteiger partial charge in [0.25, 0.3) is 0 Å². The molecule has 2 heterocycles. The van der Waals surface area contributed by atoms with E-state index in [2.05, 4.69) is 4.98 Å². The van der Waals surface area contributed by atoms with E-state index in [0.29, 0.717) is 11.1 Å². The van der Waals surface area contributed by atoms with Gasteiger partial charge in [-0.25, -0.2) is 9.78 Å². The number of rotatable bonds is 7. The maximum atomic E-state index is 14.1. The summed E-state index contributed by atoms with van der Waals surface area (Å²) in [5, 5.41) is 8.88. The van der Waals surface area contributed by atoms with E-state index in [1.807, 2.05) is 6.07 Å². The maximum Gasteiger partial charge on any atom is 0.431 e. The Morgan fingerprint density at radius 2 is 1.89 bits per heavy atom. The highest BCUT2D eigenvalue weighted by atomic mass is 35.5. The predicted molar refractivity (Wildman–Crippen MR) is 120 cm³/mol. The molecular weight excluding hydrogens is 487 g/mol. The molecule has 0 fully saturated rings. The van der Waals surface area contributed by atoms with Gasteiger partial charge in [-0.2, -0.15) is 18.4 Å². The van der Waals surface area contributed by atoms with E-state index >= 15 is 0 Å². The van der Waals surface area contributed by atoms with Crippen LogP contribution in [0.4, 0.5) is 13.2 Å². The SMILES string of the molecule is CCOC(=O)c1cc(Cn2c(C(F)(F)F)cc(-c3ccc(C#N)cc3)c2CC(=O)OC)cnc1Cl. The van der Waals surface area contributed by atoms with Crippen molar-refractivity contribution in [3.05, 3.63) is 75.8 Å². The Hall–Kier alpha value is -3.84. The van der Waals surface area contributed by atoms with E-state index in [1.54, 1.807) is 6.92 Å². The van der Waals surface area contributed by atoms with Gasteiger partial charge in [0, 0.05) is 24.0 Å². The van der Waals surface area contributed by atoms with Crippen LogP contribution in [0.15, 0.2) is 42.6 Å². The molecule has 0 aliphatic heterocycles. The van der Waals surface area contributed by atoms with Crippen LogP contribution >= 0.6 is 11.6 Å². The van der Waals surface area contributed by atoms with Crippen LogP contribution in [0.3, 0.4) is 0 Å². The first kappa shape index (κ1) is 25.8. The van der Waals surface area contributed by atoms with Crippen LogP contribution in [0.2, 0.25) is 5.15 Å². The highest BCUT2D eigenvalue weighted by molar-refractivity contribution is 6.32. The molecule has 1 aromatic carbocycles. The molecule has 0 atom stereocenters. The summed E-state index contributed by atoms with van der Waals surface area (Å²) in [7, 11) is 1.14. The lowest BCUT2D eigenvalue weighted by atomic mass is 10.0. The molecule has 0 saturated carbocycles. The Balaban J connectivity index is 2.19. The van der Waals surface area contributed by atoms with Gasteiger partial charge < -0.3 is 14.0 Å². The Kier molecular flexibility index (Phi) is 7.82. The molecule has 3 rings (SSSR count). The van der Waals surface area contributed by atoms with Crippen molar-refractivity contribution in [2.45, 2.75) is 26.1 Å². The first-order chi connectivity index (χ1) is 16.6. The number of nitrogens with zero attached hydrogens (tertiary/aromatic N) is 3. The number of aromatic nitrogens is 2. The lowest BCUT2D eigenvalue weighted by molar-refractivity contribution is -0.144. The molecule has 7 nitrogen and oxygen atoms in total. The number of carbonyl (C=O) groups excluding carboxylic acids is 2. The van der Waals surface area contributed by atoms with E-state index in [9.17, 15) is 22.8 Å². The van der Waals surface area contributed by atoms with Gasteiger partial charge in [-0.3, -0.25) is 4.79 Å². The number of esters is 2. The molecular formula is C24H19ClF3N3O4. The second-order valence-electron chi connectivity index (χ2n) is 7.32. The zero-order valence-corrected chi connectivity index (χ0v) is 19.4. The van der Waals surface area contributed by atoms with Gasteiger partial charge in [0.2, 0.25) is 0 Å². The molecule has 0 aliphatic carbocycles. The molecule has 0 radical (unpaired) electrons. The minimum Gasteiger partial charge on any atom is -0.469 e. The summed E-state index contributed by atoms with van der Waals surface area (Å²) in [6, 6.07) is 10.1. The van der Waals surface area contributed by atoms with Crippen molar-refractivity contribution in [3.63, 3.8) is 0 Å². The average Bonchev–Trinajstić information content (AvgIpc) is 3.18. The molecule has 35 heavy (non-hydrogen) atoms. The highest BCUT2D eigenvalue weighted by Gasteiger charge is 2.37. The largest absolute Gasteiger partial charge is 0.469 e. The van der Waals surface area contributed by atoms with Crippen LogP contribution < -0.4 is 0 Å². The predicted octanol–water partition coefficient (Wildman–Crippen LogP) is 5.03. The number of halogens is 4. The van der Waals surface area contributed by atoms with Gasteiger partial charge >= 0.3 is 18.1 Å². The normalized spacial score (nSPS) is 11.1. The van der Waals surface area contributed by atoms with Crippen molar-refractivity contribution >= 4 is 23.5 Å². The van der Waals surface area contributed by atoms with Crippen molar-refractivity contribution in [2.75, 3.05) is 13.7 Å². The fraction of sp³-hybridized carbons (Fsp3) is 0.250. The molecule has 3 aromatic rings. The molecule has 0 N–H and O–H groups in total. The molecule has 0 unspecified atom stereocenters. The Morgan fingerprint density at radius 1 is 1.20 bits per heavy atom. The number of pyridine rings is 1. The minimum atomic E-state index is -4.76. The number of nitriles is 1. The maximum absolute atomic E-state index is 14.1. The van der Waals surface area contributed by atoms with Gasteiger partial charge in [0.15, 0.2) is 0 Å². The minimum absolute atomic E-state index is 0.0431. The quantitative estimate of drug-likeness (QED) is 0.330. The van der Waals surface area contributed by atoms with Crippen molar-refractivity contribution in [1.29, 1.82) is 5.26 Å². The zero-order valence-electron chi connectivity index (χ0n) is 18.6. The standard InChI is InChI=1S/C24H19ClF3N3O4/c1-3-35-23(33)18-8-15(12-30-22(18)25)13-31-19(10-21(32)34-2)17(9-20(31)24(26,27)28)16-6-4-14(11-29)5-7-16/h4-9,12H,3,10,13H2,1-2H3. The fourth-order valence-corrected chi connectivity index (χ4v) is 3.67. The number of benzene rings is 1. The molecule has 0 amide bonds. The smallest absolute Gasteiger partial charge is 0.431 e. The first-order valence-corrected chi connectivity index (χ1v) is 10.6. The van der Waals surface area contributed by atoms with Crippen LogP contribution in [0.5, 0.6) is 0 Å². The summed E-state index contributed by atoms with van der Waals surface area (Å²) in [6.45, 7) is 1.31. The molecule has 0 aliphatic rings. The fourth-order valence-electron chi connectivity index (χ4n) is 3.49. The first-order valence-electron chi connectivity index (χ1n) is 10.3. The number of alkyl halides is 3. The highest BCUT2D eigenvalue weighted by Crippen LogP contribution is 2.38. The summed E-state index contributed by atoms with van der Waals surface area (Å²) < 4.78 is 52.8. The topological polar surface area (TPSA) is 94.2 Å². The lowest BCUT2D eigenvalue weighted by Gasteiger charge is -2.16. The summed E-state index contributed by atoms with van der Waals surface area (Å²) in [4.78, 5) is 28.2. The summed E-state index contributed by atoms with van der Waals surface area (Å²) in [6.07, 6.45) is -3.97. The van der Waals surface area contributed by atoms with Crippen molar-refractivity contribution in [3.8, 4) is 17.2 Å². The molecule has 182 valence electrons. The van der Waals surface area contributed by atoms with Crippen LogP contribution in [0, 0.1) is 11.3 Å². The number of carbonyl (C=O) groups is 2. The second kappa shape index (κ2) is 10.6. The van der Waals surface area contributed by atoms with E-state index in [1.165, 1.54) is 36.5 Å². The summed E-state index contributed by atoms with van der Waals surface area (Å²) >= 11 is 5.98. The average molecular weight is 506 g/mol. The van der Waals surface area contributed by atoms with Gasteiger partial charge in [0.05, 0.1) is 37.3 Å². The molecule has 11 heteroatoms. The monoisotopic (exact) mass is 505 g/mol. The number of hydrogen-bond acceptors (Lipinski definition) is 6. The van der Waals surface area contributed by atoms with Crippen LogP contribution in [0.1, 0.15) is 39.8 Å². The lowest BCUT2D eigenvalue weighted by Crippen LogP contribution is -2.19. The van der Waals surface area contributed by atoms with Crippen molar-refractivity contribution < 1.29 is 32.2 Å². The van der Waals surface area contributed by atoms with Gasteiger partial charge in [0.1, 0.15) is 10.8 Å².